The SMILES string of the molecule is CCCCCCCCC=CCCCCCCCC(=O)OC[C@@]1(O[C@H]2O[C@H](CO)[C@H](O)[C@H](O)[C@H]2O)O[C@H](CO)[C@@H](OC(=O)CCCCCCCC=CCCCCCCCC)[C@@H]1OC(=O)CCCCCCCC=CCCCCCCCC. The fourth-order valence-corrected chi connectivity index (χ4v) is 10.6. The molecule has 2 fully saturated rings. The van der Waals surface area contributed by atoms with Gasteiger partial charge in [0.15, 0.2) is 18.5 Å². The Bertz CT molecular complexity index is 1590. The van der Waals surface area contributed by atoms with Crippen LogP contribution in [0.4, 0.5) is 0 Å². The summed E-state index contributed by atoms with van der Waals surface area (Å²) in [7, 11) is 0. The van der Waals surface area contributed by atoms with Gasteiger partial charge in [0.05, 0.1) is 13.2 Å². The molecule has 0 spiro atoms. The Morgan fingerprint density at radius 1 is 0.412 bits per heavy atom. The first-order chi connectivity index (χ1) is 39.1. The Labute approximate surface area is 486 Å². The average molecular weight is 1140 g/mol. The van der Waals surface area contributed by atoms with Crippen LogP contribution < -0.4 is 0 Å². The number of carbonyl (C=O) groups excluding carboxylic acids is 3. The molecule has 2 aliphatic heterocycles. The molecule has 0 radical (unpaired) electrons. The normalized spacial score (nSPS) is 23.2. The number of unbranched alkanes of at least 4 members (excludes halogenated alkanes) is 33. The Hall–Kier alpha value is -2.69. The highest BCUT2D eigenvalue weighted by Gasteiger charge is 2.63. The van der Waals surface area contributed by atoms with Crippen LogP contribution in [0.3, 0.4) is 0 Å². The topological polar surface area (TPSA) is 208 Å². The summed E-state index contributed by atoms with van der Waals surface area (Å²) in [4.78, 5) is 41.0. The van der Waals surface area contributed by atoms with Crippen molar-refractivity contribution in [3.63, 3.8) is 0 Å². The lowest BCUT2D eigenvalue weighted by molar-refractivity contribution is -0.384. The van der Waals surface area contributed by atoms with E-state index in [1.807, 2.05) is 0 Å². The average Bonchev–Trinajstić information content (AvgIpc) is 3.99. The highest BCUT2D eigenvalue weighted by Crippen LogP contribution is 2.40. The van der Waals surface area contributed by atoms with Gasteiger partial charge >= 0.3 is 17.9 Å². The zero-order valence-corrected chi connectivity index (χ0v) is 50.8. The molecule has 2 aliphatic rings. The molecule has 466 valence electrons. The second kappa shape index (κ2) is 49.7. The number of allylic oxidation sites excluding steroid dienone is 6. The molecule has 0 aromatic carbocycles. The molecule has 0 aliphatic carbocycles. The molecule has 2 heterocycles. The van der Waals surface area contributed by atoms with E-state index in [2.05, 4.69) is 57.2 Å². The summed E-state index contributed by atoms with van der Waals surface area (Å²) in [6.07, 6.45) is 43.4. The minimum absolute atomic E-state index is 0.000567. The highest BCUT2D eigenvalue weighted by atomic mass is 16.8. The zero-order valence-electron chi connectivity index (χ0n) is 50.8. The summed E-state index contributed by atoms with van der Waals surface area (Å²) in [6, 6.07) is 0. The standard InChI is InChI=1S/C66H118O14/c1-4-7-10-13-16-19-22-25-28-31-34-37-40-43-46-49-57(69)75-54-66(80-65-62(74)61(73)60(72)55(52-67)76-65)64(78-59(71)51-48-45-42-39-36-33-30-27-24-21-18-15-12-9-6-3)63(56(53-68)79-66)77-58(70)50-47-44-41-38-35-32-29-26-23-20-17-14-11-8-5-2/h25-30,55-56,60-65,67-68,72-74H,4-24,31-54H2,1-3H3/t55-,56-,60+,61+,62-,63-,64+,65-,66+/m1/s1. The van der Waals surface area contributed by atoms with E-state index in [1.165, 1.54) is 116 Å². The minimum atomic E-state index is -2.34. The number of aliphatic hydroxyl groups excluding tert-OH is 5. The van der Waals surface area contributed by atoms with Gasteiger partial charge < -0.3 is 54.0 Å². The van der Waals surface area contributed by atoms with Crippen LogP contribution in [0.15, 0.2) is 36.5 Å². The molecule has 0 aromatic rings. The number of aliphatic hydroxyl groups is 5. The van der Waals surface area contributed by atoms with Gasteiger partial charge in [-0.1, -0.05) is 211 Å². The van der Waals surface area contributed by atoms with E-state index < -0.39 is 92.5 Å². The van der Waals surface area contributed by atoms with Crippen LogP contribution in [0, 0.1) is 0 Å². The molecule has 0 bridgehead atoms. The predicted octanol–water partition coefficient (Wildman–Crippen LogP) is 14.4. The maximum atomic E-state index is 13.9. The lowest BCUT2D eigenvalue weighted by Crippen LogP contribution is -2.63. The van der Waals surface area contributed by atoms with Crippen LogP contribution in [0.2, 0.25) is 0 Å². The number of carbonyl (C=O) groups is 3. The second-order valence-electron chi connectivity index (χ2n) is 23.0. The van der Waals surface area contributed by atoms with Crippen molar-refractivity contribution in [1.82, 2.24) is 0 Å². The molecule has 0 amide bonds. The van der Waals surface area contributed by atoms with Crippen molar-refractivity contribution in [2.45, 2.75) is 345 Å². The molecule has 0 unspecified atom stereocenters. The van der Waals surface area contributed by atoms with Gasteiger partial charge in [-0.15, -0.1) is 0 Å². The lowest BCUT2D eigenvalue weighted by Gasteiger charge is -2.43. The van der Waals surface area contributed by atoms with E-state index in [0.717, 1.165) is 116 Å². The summed E-state index contributed by atoms with van der Waals surface area (Å²) in [6.45, 7) is 4.48. The second-order valence-corrected chi connectivity index (χ2v) is 23.0. The first-order valence-corrected chi connectivity index (χ1v) is 32.8. The Morgan fingerprint density at radius 2 is 0.750 bits per heavy atom. The van der Waals surface area contributed by atoms with Crippen LogP contribution in [0.5, 0.6) is 0 Å². The maximum Gasteiger partial charge on any atom is 0.306 e. The van der Waals surface area contributed by atoms with Crippen LogP contribution in [0.25, 0.3) is 0 Å². The molecular formula is C66H118O14. The van der Waals surface area contributed by atoms with Gasteiger partial charge in [0.2, 0.25) is 5.79 Å². The Morgan fingerprint density at radius 3 is 1.12 bits per heavy atom. The number of rotatable bonds is 53. The summed E-state index contributed by atoms with van der Waals surface area (Å²) in [5.74, 6) is -4.23. The summed E-state index contributed by atoms with van der Waals surface area (Å²) >= 11 is 0. The van der Waals surface area contributed by atoms with Gasteiger partial charge in [-0.2, -0.15) is 0 Å². The third kappa shape index (κ3) is 34.2. The molecular weight excluding hydrogens is 1020 g/mol. The minimum Gasteiger partial charge on any atom is -0.460 e. The highest BCUT2D eigenvalue weighted by molar-refractivity contribution is 5.71. The van der Waals surface area contributed by atoms with Gasteiger partial charge in [-0.25, -0.2) is 0 Å². The third-order valence-corrected chi connectivity index (χ3v) is 15.7. The van der Waals surface area contributed by atoms with Gasteiger partial charge in [-0.05, 0) is 96.3 Å². The van der Waals surface area contributed by atoms with Gasteiger partial charge in [-0.3, -0.25) is 14.4 Å². The van der Waals surface area contributed by atoms with Gasteiger partial charge in [0.25, 0.3) is 0 Å². The molecule has 0 saturated carbocycles. The Kier molecular flexibility index (Phi) is 45.6. The molecule has 5 N–H and O–H groups in total. The molecule has 14 nitrogen and oxygen atoms in total. The quantitative estimate of drug-likeness (QED) is 0.0166. The van der Waals surface area contributed by atoms with Crippen molar-refractivity contribution in [1.29, 1.82) is 0 Å². The fraction of sp³-hybridized carbons (Fsp3) is 0.864. The van der Waals surface area contributed by atoms with Gasteiger partial charge in [0, 0.05) is 19.3 Å². The van der Waals surface area contributed by atoms with E-state index in [9.17, 15) is 39.9 Å². The van der Waals surface area contributed by atoms with Crippen molar-refractivity contribution >= 4 is 17.9 Å². The van der Waals surface area contributed by atoms with Crippen LogP contribution in [-0.4, -0.2) is 118 Å². The fourth-order valence-electron chi connectivity index (χ4n) is 10.6. The lowest BCUT2D eigenvalue weighted by atomic mass is 9.98. The smallest absolute Gasteiger partial charge is 0.306 e. The largest absolute Gasteiger partial charge is 0.460 e. The maximum absolute atomic E-state index is 13.9. The van der Waals surface area contributed by atoms with Crippen LogP contribution in [-0.2, 0) is 42.8 Å². The first-order valence-electron chi connectivity index (χ1n) is 32.8. The van der Waals surface area contributed by atoms with E-state index in [-0.39, 0.29) is 19.3 Å². The van der Waals surface area contributed by atoms with Crippen molar-refractivity contribution in [2.24, 2.45) is 0 Å². The summed E-state index contributed by atoms with van der Waals surface area (Å²) in [5, 5.41) is 53.4. The molecule has 2 rings (SSSR count). The van der Waals surface area contributed by atoms with Crippen LogP contribution in [0.1, 0.15) is 290 Å². The van der Waals surface area contributed by atoms with Gasteiger partial charge in [0.1, 0.15) is 37.1 Å². The summed E-state index contributed by atoms with van der Waals surface area (Å²) in [5.41, 5.74) is 0. The summed E-state index contributed by atoms with van der Waals surface area (Å²) < 4.78 is 36.4. The number of esters is 3. The monoisotopic (exact) mass is 1130 g/mol. The number of hydrogen-bond acceptors (Lipinski definition) is 14. The molecule has 2 saturated heterocycles. The third-order valence-electron chi connectivity index (χ3n) is 15.7. The zero-order chi connectivity index (χ0) is 58.2. The van der Waals surface area contributed by atoms with Crippen molar-refractivity contribution in [3.05, 3.63) is 36.5 Å². The Balaban J connectivity index is 2.12. The van der Waals surface area contributed by atoms with E-state index in [1.54, 1.807) is 0 Å². The molecule has 80 heavy (non-hydrogen) atoms. The van der Waals surface area contributed by atoms with Crippen molar-refractivity contribution < 1.29 is 68.3 Å². The van der Waals surface area contributed by atoms with E-state index >= 15 is 0 Å². The molecule has 14 heteroatoms. The number of hydrogen-bond donors (Lipinski definition) is 5. The number of ether oxygens (including phenoxy) is 6. The van der Waals surface area contributed by atoms with Crippen molar-refractivity contribution in [3.8, 4) is 0 Å². The van der Waals surface area contributed by atoms with Crippen molar-refractivity contribution in [2.75, 3.05) is 19.8 Å². The molecule has 0 aromatic heterocycles. The van der Waals surface area contributed by atoms with E-state index in [4.69, 9.17) is 28.4 Å². The van der Waals surface area contributed by atoms with Crippen LogP contribution >= 0.6 is 0 Å². The van der Waals surface area contributed by atoms with E-state index in [0.29, 0.717) is 19.3 Å². The first kappa shape index (κ1) is 73.4. The predicted molar refractivity (Wildman–Crippen MR) is 319 cm³/mol. The molecule has 9 atom stereocenters.